The summed E-state index contributed by atoms with van der Waals surface area (Å²) in [6, 6.07) is 0. The maximum atomic E-state index is 11.2. The van der Waals surface area contributed by atoms with Crippen LogP contribution in [-0.2, 0) is 28.5 Å². The lowest BCUT2D eigenvalue weighted by atomic mass is 9.43. The number of ether oxygens (including phenoxy) is 3. The van der Waals surface area contributed by atoms with Crippen molar-refractivity contribution in [3.63, 3.8) is 0 Å². The Morgan fingerprint density at radius 2 is 1.40 bits per heavy atom. The highest BCUT2D eigenvalue weighted by Gasteiger charge is 2.66. The molecule has 0 amide bonds. The standard InChI is InChI=1S/C38H68N10O6S/c1-28(11-7-17-42-16-5-6-24-54-55(4,49)50)31-12-13-32-36-33(27-35(38(31,32)3)53-23-10-20-45-48-41)37(2)15-14-30(51-21-8-18-43-46-39)25-29(37)26-34(36)52-22-9-19-44-47-40/h28-36,42H,5-27H2,1-4H3/t28-,29?,30-,31?,32+,33+,34?,35?,36?,37+,38-/m1/s1. The number of hydrogen-bond donors (Lipinski definition) is 1. The molecule has 55 heavy (non-hydrogen) atoms. The SMILES string of the molecule is C[C@H](CCCNCCCCOS(C)(=O)=O)C1CC[C@H]2C3C(OCCCN=[N+]=[N-])CC4C[C@H](OCCCN=[N+]=[N-])CC[C@]4(C)[C@H]3CC(OCCCN=[N+]=[N-])[C@]12C. The minimum Gasteiger partial charge on any atom is -0.378 e. The largest absolute Gasteiger partial charge is 0.378 e. The third kappa shape index (κ3) is 12.6. The van der Waals surface area contributed by atoms with E-state index < -0.39 is 10.1 Å². The fourth-order valence-electron chi connectivity index (χ4n) is 11.3. The number of nitrogens with zero attached hydrogens (tertiary/aromatic N) is 9. The highest BCUT2D eigenvalue weighted by Crippen LogP contribution is 2.69. The average Bonchev–Trinajstić information content (AvgIpc) is 3.51. The molecule has 0 heterocycles. The first-order valence-corrected chi connectivity index (χ1v) is 22.7. The van der Waals surface area contributed by atoms with Crippen molar-refractivity contribution >= 4 is 10.1 Å². The Bertz CT molecular complexity index is 1440. The van der Waals surface area contributed by atoms with Crippen molar-refractivity contribution in [2.24, 2.45) is 61.7 Å². The molecule has 5 unspecified atom stereocenters. The van der Waals surface area contributed by atoms with Crippen molar-refractivity contribution < 1.29 is 26.8 Å². The monoisotopic (exact) mass is 793 g/mol. The highest BCUT2D eigenvalue weighted by molar-refractivity contribution is 7.85. The maximum absolute atomic E-state index is 11.2. The summed E-state index contributed by atoms with van der Waals surface area (Å²) >= 11 is 0. The van der Waals surface area contributed by atoms with Crippen molar-refractivity contribution in [2.75, 3.05) is 65.4 Å². The molecule has 4 aliphatic carbocycles. The molecule has 17 heteroatoms. The summed E-state index contributed by atoms with van der Waals surface area (Å²) in [4.78, 5) is 8.77. The van der Waals surface area contributed by atoms with Crippen LogP contribution in [0.2, 0.25) is 0 Å². The van der Waals surface area contributed by atoms with Gasteiger partial charge in [0, 0.05) is 59.6 Å². The summed E-state index contributed by atoms with van der Waals surface area (Å²) < 4.78 is 47.5. The first-order valence-electron chi connectivity index (χ1n) is 20.9. The van der Waals surface area contributed by atoms with Gasteiger partial charge >= 0.3 is 0 Å². The summed E-state index contributed by atoms with van der Waals surface area (Å²) in [6.07, 6.45) is 14.9. The van der Waals surface area contributed by atoms with Crippen molar-refractivity contribution in [1.29, 1.82) is 0 Å². The summed E-state index contributed by atoms with van der Waals surface area (Å²) in [5.41, 5.74) is 26.5. The molecule has 312 valence electrons. The molecule has 0 aromatic carbocycles. The first kappa shape index (κ1) is 45.4. The zero-order valence-corrected chi connectivity index (χ0v) is 34.7. The molecule has 0 saturated heterocycles. The van der Waals surface area contributed by atoms with Crippen LogP contribution in [-0.4, -0.2) is 92.1 Å². The van der Waals surface area contributed by atoms with E-state index in [-0.39, 0.29) is 35.7 Å². The Hall–Kier alpha value is -2.32. The molecular formula is C38H68N10O6S. The predicted molar refractivity (Wildman–Crippen MR) is 212 cm³/mol. The molecule has 11 atom stereocenters. The number of rotatable bonds is 26. The predicted octanol–water partition coefficient (Wildman–Crippen LogP) is 8.88. The van der Waals surface area contributed by atoms with Crippen molar-refractivity contribution in [1.82, 2.24) is 5.32 Å². The van der Waals surface area contributed by atoms with E-state index >= 15 is 0 Å². The van der Waals surface area contributed by atoms with E-state index in [4.69, 9.17) is 35.0 Å². The van der Waals surface area contributed by atoms with Crippen molar-refractivity contribution in [2.45, 2.75) is 129 Å². The number of fused-ring (bicyclic) bond motifs is 5. The molecule has 0 radical (unpaired) electrons. The quantitative estimate of drug-likeness (QED) is 0.0293. The van der Waals surface area contributed by atoms with Gasteiger partial charge in [0.25, 0.3) is 10.1 Å². The molecule has 1 N–H and O–H groups in total. The maximum Gasteiger partial charge on any atom is 0.264 e. The molecular weight excluding hydrogens is 725 g/mol. The molecule has 0 aliphatic heterocycles. The van der Waals surface area contributed by atoms with E-state index in [9.17, 15) is 8.42 Å². The fourth-order valence-corrected chi connectivity index (χ4v) is 11.7. The van der Waals surface area contributed by atoms with Gasteiger partial charge < -0.3 is 19.5 Å². The number of azide groups is 3. The minimum absolute atomic E-state index is 0.0196. The van der Waals surface area contributed by atoms with E-state index in [1.165, 1.54) is 6.42 Å². The average molecular weight is 793 g/mol. The Morgan fingerprint density at radius 3 is 2.05 bits per heavy atom. The van der Waals surface area contributed by atoms with Gasteiger partial charge in [0.1, 0.15) is 0 Å². The summed E-state index contributed by atoms with van der Waals surface area (Å²) in [5.74, 6) is 2.81. The van der Waals surface area contributed by atoms with E-state index in [2.05, 4.69) is 56.2 Å². The van der Waals surface area contributed by atoms with Gasteiger partial charge in [-0.05, 0) is 160 Å². The Labute approximate surface area is 328 Å². The van der Waals surface area contributed by atoms with E-state index in [0.717, 1.165) is 83.6 Å². The van der Waals surface area contributed by atoms with Crippen LogP contribution in [0.4, 0.5) is 0 Å². The lowest BCUT2D eigenvalue weighted by Crippen LogP contribution is -2.63. The minimum atomic E-state index is -3.39. The van der Waals surface area contributed by atoms with Gasteiger partial charge in [-0.1, -0.05) is 36.1 Å². The lowest BCUT2D eigenvalue weighted by Gasteiger charge is -2.65. The van der Waals surface area contributed by atoms with Crippen LogP contribution in [0.5, 0.6) is 0 Å². The van der Waals surface area contributed by atoms with Gasteiger partial charge in [-0.15, -0.1) is 0 Å². The Morgan fingerprint density at radius 1 is 0.764 bits per heavy atom. The normalized spacial score (nSPS) is 33.2. The van der Waals surface area contributed by atoms with Crippen LogP contribution in [0, 0.1) is 46.3 Å². The summed E-state index contributed by atoms with van der Waals surface area (Å²) in [6.45, 7) is 12.6. The zero-order chi connectivity index (χ0) is 39.7. The van der Waals surface area contributed by atoms with E-state index in [1.54, 1.807) is 0 Å². The number of hydrogen-bond acceptors (Lipinski definition) is 10. The Balaban J connectivity index is 1.49. The molecule has 4 saturated carbocycles. The second kappa shape index (κ2) is 22.6. The van der Waals surface area contributed by atoms with Gasteiger partial charge in [0.05, 0.1) is 31.2 Å². The van der Waals surface area contributed by atoms with Gasteiger partial charge in [-0.3, -0.25) is 4.18 Å². The van der Waals surface area contributed by atoms with Crippen LogP contribution >= 0.6 is 0 Å². The molecule has 0 bridgehead atoms. The third-order valence-corrected chi connectivity index (χ3v) is 14.5. The van der Waals surface area contributed by atoms with Gasteiger partial charge in [0.2, 0.25) is 0 Å². The van der Waals surface area contributed by atoms with Crippen LogP contribution in [0.25, 0.3) is 31.3 Å². The summed E-state index contributed by atoms with van der Waals surface area (Å²) in [5, 5.41) is 14.8. The molecule has 0 aromatic heterocycles. The van der Waals surface area contributed by atoms with Crippen LogP contribution in [0.1, 0.15) is 111 Å². The zero-order valence-electron chi connectivity index (χ0n) is 33.8. The van der Waals surface area contributed by atoms with Crippen LogP contribution < -0.4 is 5.32 Å². The van der Waals surface area contributed by atoms with Crippen molar-refractivity contribution in [3.05, 3.63) is 31.3 Å². The van der Waals surface area contributed by atoms with E-state index in [1.807, 2.05) is 0 Å². The molecule has 0 spiro atoms. The molecule has 4 rings (SSSR count). The second-order valence-electron chi connectivity index (χ2n) is 17.1. The Kier molecular flexibility index (Phi) is 18.6. The topological polar surface area (TPSA) is 229 Å². The molecule has 16 nitrogen and oxygen atoms in total. The first-order chi connectivity index (χ1) is 26.5. The number of nitrogens with one attached hydrogen (secondary N) is 1. The van der Waals surface area contributed by atoms with Gasteiger partial charge in [-0.25, -0.2) is 0 Å². The van der Waals surface area contributed by atoms with E-state index in [0.29, 0.717) is 94.2 Å². The highest BCUT2D eigenvalue weighted by atomic mass is 32.2. The van der Waals surface area contributed by atoms with Crippen molar-refractivity contribution in [3.8, 4) is 0 Å². The molecule has 4 fully saturated rings. The van der Waals surface area contributed by atoms with Gasteiger partial charge in [0.15, 0.2) is 0 Å². The van der Waals surface area contributed by atoms with Crippen LogP contribution in [0.15, 0.2) is 15.3 Å². The summed E-state index contributed by atoms with van der Waals surface area (Å²) in [7, 11) is -3.39. The second-order valence-corrected chi connectivity index (χ2v) is 18.7. The molecule has 4 aliphatic rings. The number of unbranched alkanes of at least 4 members (excludes halogenated alkanes) is 1. The smallest absolute Gasteiger partial charge is 0.264 e. The third-order valence-electron chi connectivity index (χ3n) is 13.9. The fraction of sp³-hybridized carbons (Fsp3) is 1.00. The lowest BCUT2D eigenvalue weighted by molar-refractivity contribution is -0.227. The van der Waals surface area contributed by atoms with Crippen LogP contribution in [0.3, 0.4) is 0 Å². The van der Waals surface area contributed by atoms with Gasteiger partial charge in [-0.2, -0.15) is 8.42 Å². The molecule has 0 aromatic rings.